The molecule has 0 aromatic heterocycles. The third-order valence-electron chi connectivity index (χ3n) is 3.42. The lowest BCUT2D eigenvalue weighted by Gasteiger charge is -2.10. The Morgan fingerprint density at radius 3 is 2.33 bits per heavy atom. The number of rotatable bonds is 4. The largest absolute Gasteiger partial charge is 0.118 e. The van der Waals surface area contributed by atoms with Gasteiger partial charge in [0, 0.05) is 0 Å². The lowest BCUT2D eigenvalue weighted by Crippen LogP contribution is -1.95. The first-order valence-electron chi connectivity index (χ1n) is 6.42. The molecule has 0 amide bonds. The third kappa shape index (κ3) is 3.36. The van der Waals surface area contributed by atoms with Crippen molar-refractivity contribution in [3.8, 4) is 0 Å². The Kier molecular flexibility index (Phi) is 4.43. The smallest absolute Gasteiger partial charge is 0.0588 e. The molecule has 1 heteroatoms. The molecule has 0 saturated carbocycles. The van der Waals surface area contributed by atoms with E-state index in [0.717, 1.165) is 12.8 Å². The average molecular weight is 259 g/mol. The molecule has 0 saturated heterocycles. The Bertz CT molecular complexity index is 502. The average Bonchev–Trinajstić information content (AvgIpc) is 2.41. The number of alkyl halides is 1. The summed E-state index contributed by atoms with van der Waals surface area (Å²) in [4.78, 5) is 0. The fraction of sp³-hybridized carbons (Fsp3) is 0.294. The molecule has 18 heavy (non-hydrogen) atoms. The molecular weight excluding hydrogens is 240 g/mol. The van der Waals surface area contributed by atoms with E-state index in [2.05, 4.69) is 44.2 Å². The van der Waals surface area contributed by atoms with Gasteiger partial charge in [0.1, 0.15) is 0 Å². The molecule has 1 unspecified atom stereocenters. The highest BCUT2D eigenvalue weighted by atomic mass is 35.5. The maximum atomic E-state index is 6.43. The molecule has 2 rings (SSSR count). The van der Waals surface area contributed by atoms with Gasteiger partial charge >= 0.3 is 0 Å². The zero-order valence-electron chi connectivity index (χ0n) is 11.0. The number of aryl methyl sites for hydroxylation is 3. The van der Waals surface area contributed by atoms with Gasteiger partial charge in [-0.2, -0.15) is 0 Å². The SMILES string of the molecule is Cc1ccc(CCC(Cl)c2ccccc2)cc1C. The third-order valence-corrected chi connectivity index (χ3v) is 3.89. The summed E-state index contributed by atoms with van der Waals surface area (Å²) in [5.41, 5.74) is 5.30. The van der Waals surface area contributed by atoms with Crippen LogP contribution in [0.25, 0.3) is 0 Å². The van der Waals surface area contributed by atoms with E-state index in [1.165, 1.54) is 22.3 Å². The zero-order valence-corrected chi connectivity index (χ0v) is 11.7. The van der Waals surface area contributed by atoms with E-state index in [-0.39, 0.29) is 5.38 Å². The van der Waals surface area contributed by atoms with Crippen molar-refractivity contribution in [3.05, 3.63) is 70.8 Å². The van der Waals surface area contributed by atoms with Crippen LogP contribution >= 0.6 is 11.6 Å². The number of hydrogen-bond acceptors (Lipinski definition) is 0. The monoisotopic (exact) mass is 258 g/mol. The standard InChI is InChI=1S/C17H19Cl/c1-13-8-9-15(12-14(13)2)10-11-17(18)16-6-4-3-5-7-16/h3-9,12,17H,10-11H2,1-2H3. The number of halogens is 1. The van der Waals surface area contributed by atoms with Crippen molar-refractivity contribution in [3.63, 3.8) is 0 Å². The van der Waals surface area contributed by atoms with Gasteiger partial charge in [0.2, 0.25) is 0 Å². The first kappa shape index (κ1) is 13.2. The van der Waals surface area contributed by atoms with Gasteiger partial charge in [-0.25, -0.2) is 0 Å². The molecule has 0 nitrogen and oxygen atoms in total. The van der Waals surface area contributed by atoms with E-state index in [4.69, 9.17) is 11.6 Å². The van der Waals surface area contributed by atoms with E-state index in [9.17, 15) is 0 Å². The second kappa shape index (κ2) is 6.06. The maximum Gasteiger partial charge on any atom is 0.0588 e. The summed E-state index contributed by atoms with van der Waals surface area (Å²) < 4.78 is 0. The first-order valence-corrected chi connectivity index (χ1v) is 6.85. The summed E-state index contributed by atoms with van der Waals surface area (Å²) >= 11 is 6.43. The lowest BCUT2D eigenvalue weighted by molar-refractivity contribution is 0.793. The highest BCUT2D eigenvalue weighted by molar-refractivity contribution is 6.20. The molecule has 2 aromatic rings. The molecule has 0 aliphatic carbocycles. The minimum atomic E-state index is 0.104. The summed E-state index contributed by atoms with van der Waals surface area (Å²) in [6.07, 6.45) is 2.01. The van der Waals surface area contributed by atoms with Crippen LogP contribution in [0.15, 0.2) is 48.5 Å². The van der Waals surface area contributed by atoms with Gasteiger partial charge in [-0.3, -0.25) is 0 Å². The quantitative estimate of drug-likeness (QED) is 0.660. The molecule has 0 aliphatic heterocycles. The van der Waals surface area contributed by atoms with Crippen LogP contribution in [0.5, 0.6) is 0 Å². The Labute approximate surface area is 115 Å². The van der Waals surface area contributed by atoms with E-state index >= 15 is 0 Å². The van der Waals surface area contributed by atoms with Crippen molar-refractivity contribution in [1.82, 2.24) is 0 Å². The van der Waals surface area contributed by atoms with Crippen molar-refractivity contribution in [1.29, 1.82) is 0 Å². The molecule has 0 bridgehead atoms. The van der Waals surface area contributed by atoms with Crippen LogP contribution in [0.2, 0.25) is 0 Å². The Balaban J connectivity index is 1.97. The number of hydrogen-bond donors (Lipinski definition) is 0. The molecular formula is C17H19Cl. The summed E-state index contributed by atoms with van der Waals surface area (Å²) in [6, 6.07) is 17.0. The molecule has 0 radical (unpaired) electrons. The van der Waals surface area contributed by atoms with E-state index in [1.807, 2.05) is 18.2 Å². The van der Waals surface area contributed by atoms with Gasteiger partial charge in [-0.05, 0) is 48.9 Å². The highest BCUT2D eigenvalue weighted by Crippen LogP contribution is 2.25. The lowest BCUT2D eigenvalue weighted by atomic mass is 10.0. The molecule has 0 aliphatic rings. The molecule has 0 N–H and O–H groups in total. The minimum Gasteiger partial charge on any atom is -0.118 e. The second-order valence-corrected chi connectivity index (χ2v) is 5.36. The van der Waals surface area contributed by atoms with Crippen LogP contribution in [0.1, 0.15) is 34.1 Å². The van der Waals surface area contributed by atoms with Gasteiger partial charge in [-0.15, -0.1) is 11.6 Å². The maximum absolute atomic E-state index is 6.43. The molecule has 0 heterocycles. The van der Waals surface area contributed by atoms with Crippen molar-refractivity contribution in [2.24, 2.45) is 0 Å². The van der Waals surface area contributed by atoms with Crippen LogP contribution in [-0.4, -0.2) is 0 Å². The summed E-state index contributed by atoms with van der Waals surface area (Å²) in [6.45, 7) is 4.31. The fourth-order valence-corrected chi connectivity index (χ4v) is 2.34. The van der Waals surface area contributed by atoms with Crippen LogP contribution in [-0.2, 0) is 6.42 Å². The summed E-state index contributed by atoms with van der Waals surface area (Å²) in [5.74, 6) is 0. The Morgan fingerprint density at radius 2 is 1.67 bits per heavy atom. The van der Waals surface area contributed by atoms with Crippen molar-refractivity contribution in [2.45, 2.75) is 32.1 Å². The van der Waals surface area contributed by atoms with Crippen LogP contribution in [0, 0.1) is 13.8 Å². The van der Waals surface area contributed by atoms with Gasteiger partial charge in [0.05, 0.1) is 5.38 Å². The zero-order chi connectivity index (χ0) is 13.0. The van der Waals surface area contributed by atoms with Crippen LogP contribution in [0.3, 0.4) is 0 Å². The molecule has 1 atom stereocenters. The van der Waals surface area contributed by atoms with Crippen molar-refractivity contribution >= 4 is 11.6 Å². The first-order chi connectivity index (χ1) is 8.66. The van der Waals surface area contributed by atoms with Crippen molar-refractivity contribution < 1.29 is 0 Å². The van der Waals surface area contributed by atoms with Gasteiger partial charge in [0.25, 0.3) is 0 Å². The van der Waals surface area contributed by atoms with Crippen molar-refractivity contribution in [2.75, 3.05) is 0 Å². The molecule has 0 fully saturated rings. The Morgan fingerprint density at radius 1 is 0.944 bits per heavy atom. The van der Waals surface area contributed by atoms with E-state index < -0.39 is 0 Å². The summed E-state index contributed by atoms with van der Waals surface area (Å²) in [5, 5.41) is 0.104. The normalized spacial score (nSPS) is 12.4. The molecule has 2 aromatic carbocycles. The van der Waals surface area contributed by atoms with E-state index in [1.54, 1.807) is 0 Å². The van der Waals surface area contributed by atoms with Gasteiger partial charge < -0.3 is 0 Å². The Hall–Kier alpha value is -1.27. The fourth-order valence-electron chi connectivity index (χ4n) is 2.08. The van der Waals surface area contributed by atoms with Gasteiger partial charge in [0.15, 0.2) is 0 Å². The van der Waals surface area contributed by atoms with E-state index in [0.29, 0.717) is 0 Å². The minimum absolute atomic E-state index is 0.104. The predicted octanol–water partition coefficient (Wildman–Crippen LogP) is 5.22. The predicted molar refractivity (Wildman–Crippen MR) is 79.3 cm³/mol. The second-order valence-electron chi connectivity index (χ2n) is 4.84. The van der Waals surface area contributed by atoms with Gasteiger partial charge in [-0.1, -0.05) is 48.5 Å². The van der Waals surface area contributed by atoms with Crippen LogP contribution in [0.4, 0.5) is 0 Å². The number of benzene rings is 2. The van der Waals surface area contributed by atoms with Crippen LogP contribution < -0.4 is 0 Å². The molecule has 94 valence electrons. The summed E-state index contributed by atoms with van der Waals surface area (Å²) in [7, 11) is 0. The topological polar surface area (TPSA) is 0 Å². The molecule has 0 spiro atoms. The highest BCUT2D eigenvalue weighted by Gasteiger charge is 2.07.